The number of nitrogens with zero attached hydrogens (tertiary/aromatic N) is 2. The van der Waals surface area contributed by atoms with Crippen LogP contribution in [0.5, 0.6) is 11.5 Å². The van der Waals surface area contributed by atoms with Gasteiger partial charge in [0.1, 0.15) is 0 Å². The minimum Gasteiger partial charge on any atom is -0.454 e. The lowest BCUT2D eigenvalue weighted by Crippen LogP contribution is -2.08. The number of ketones is 1. The van der Waals surface area contributed by atoms with Crippen LogP contribution in [0.2, 0.25) is 0 Å². The summed E-state index contributed by atoms with van der Waals surface area (Å²) in [5.41, 5.74) is -0.910. The Morgan fingerprint density at radius 1 is 1.28 bits per heavy atom. The highest BCUT2D eigenvalue weighted by Crippen LogP contribution is 2.34. The molecule has 25 heavy (non-hydrogen) atoms. The third-order valence-electron chi connectivity index (χ3n) is 3.62. The predicted molar refractivity (Wildman–Crippen MR) is 84.0 cm³/mol. The van der Waals surface area contributed by atoms with E-state index < -0.39 is 17.7 Å². The summed E-state index contributed by atoms with van der Waals surface area (Å²) in [6.07, 6.45) is -0.906. The van der Waals surface area contributed by atoms with Gasteiger partial charge in [-0.1, -0.05) is 0 Å². The lowest BCUT2D eigenvalue weighted by molar-refractivity contribution is -0.140. The van der Waals surface area contributed by atoms with Crippen molar-refractivity contribution in [2.24, 2.45) is 0 Å². The fraction of sp³-hybridized carbons (Fsp3) is 0.125. The van der Waals surface area contributed by atoms with E-state index in [9.17, 15) is 18.0 Å². The van der Waals surface area contributed by atoms with Gasteiger partial charge < -0.3 is 9.47 Å². The number of alkyl halides is 3. The van der Waals surface area contributed by atoms with Crippen molar-refractivity contribution in [2.75, 3.05) is 6.79 Å². The summed E-state index contributed by atoms with van der Waals surface area (Å²) < 4.78 is 51.1. The number of thiazole rings is 1. The Morgan fingerprint density at radius 3 is 2.88 bits per heavy atom. The minimum atomic E-state index is -4.60. The zero-order valence-electron chi connectivity index (χ0n) is 12.4. The lowest BCUT2D eigenvalue weighted by atomic mass is 10.1. The van der Waals surface area contributed by atoms with Gasteiger partial charge in [-0.15, -0.1) is 11.3 Å². The summed E-state index contributed by atoms with van der Waals surface area (Å²) in [7, 11) is 0. The maximum Gasteiger partial charge on any atom is 0.435 e. The summed E-state index contributed by atoms with van der Waals surface area (Å²) in [4.78, 5) is 16.1. The van der Waals surface area contributed by atoms with E-state index in [4.69, 9.17) is 9.47 Å². The molecule has 0 N–H and O–H groups in total. The number of ether oxygens (including phenoxy) is 2. The van der Waals surface area contributed by atoms with Gasteiger partial charge in [0.2, 0.25) is 6.79 Å². The molecule has 5 nitrogen and oxygen atoms in total. The first-order valence-electron chi connectivity index (χ1n) is 7.08. The second-order valence-electron chi connectivity index (χ2n) is 5.16. The van der Waals surface area contributed by atoms with Crippen LogP contribution in [0, 0.1) is 0 Å². The van der Waals surface area contributed by atoms with Gasteiger partial charge in [-0.3, -0.25) is 9.20 Å². The molecule has 0 radical (unpaired) electrons. The highest BCUT2D eigenvalue weighted by atomic mass is 32.1. The number of allylic oxidation sites excluding steroid dienone is 1. The molecule has 0 saturated heterocycles. The Hall–Kier alpha value is -2.81. The van der Waals surface area contributed by atoms with Crippen molar-refractivity contribution in [3.05, 3.63) is 52.8 Å². The second-order valence-corrected chi connectivity index (χ2v) is 6.04. The Balaban J connectivity index is 1.69. The molecular formula is C16H9F3N2O3S. The van der Waals surface area contributed by atoms with Gasteiger partial charge >= 0.3 is 6.18 Å². The fourth-order valence-corrected chi connectivity index (χ4v) is 3.19. The number of aromatic nitrogens is 2. The number of imidazole rings is 1. The van der Waals surface area contributed by atoms with Crippen LogP contribution in [-0.4, -0.2) is 22.0 Å². The number of halogens is 3. The van der Waals surface area contributed by atoms with Gasteiger partial charge in [0.25, 0.3) is 0 Å². The maximum absolute atomic E-state index is 13.1. The van der Waals surface area contributed by atoms with Crippen molar-refractivity contribution in [1.29, 1.82) is 0 Å². The van der Waals surface area contributed by atoms with E-state index in [1.807, 2.05) is 0 Å². The number of carbonyl (C=O) groups is 1. The van der Waals surface area contributed by atoms with Gasteiger partial charge in [-0.05, 0) is 30.4 Å². The molecule has 0 spiro atoms. The van der Waals surface area contributed by atoms with E-state index >= 15 is 0 Å². The van der Waals surface area contributed by atoms with Crippen molar-refractivity contribution >= 4 is 28.2 Å². The highest BCUT2D eigenvalue weighted by Gasteiger charge is 2.37. The molecule has 1 aromatic carbocycles. The number of hydrogen-bond donors (Lipinski definition) is 0. The number of benzene rings is 1. The molecule has 0 aliphatic carbocycles. The van der Waals surface area contributed by atoms with Crippen molar-refractivity contribution in [2.45, 2.75) is 6.18 Å². The van der Waals surface area contributed by atoms with Crippen LogP contribution < -0.4 is 9.47 Å². The van der Waals surface area contributed by atoms with E-state index in [2.05, 4.69) is 4.98 Å². The average molecular weight is 366 g/mol. The topological polar surface area (TPSA) is 52.8 Å². The molecule has 128 valence electrons. The molecule has 2 aromatic heterocycles. The smallest absolute Gasteiger partial charge is 0.435 e. The molecule has 0 bridgehead atoms. The molecule has 4 rings (SSSR count). The van der Waals surface area contributed by atoms with Crippen LogP contribution >= 0.6 is 11.3 Å². The molecular weight excluding hydrogens is 357 g/mol. The Morgan fingerprint density at radius 2 is 2.08 bits per heavy atom. The normalized spacial score (nSPS) is 13.9. The van der Waals surface area contributed by atoms with Crippen molar-refractivity contribution in [1.82, 2.24) is 9.38 Å². The van der Waals surface area contributed by atoms with Crippen LogP contribution in [-0.2, 0) is 6.18 Å². The van der Waals surface area contributed by atoms with Gasteiger partial charge in [-0.25, -0.2) is 4.98 Å². The molecule has 9 heteroatoms. The van der Waals surface area contributed by atoms with Gasteiger partial charge in [-0.2, -0.15) is 13.2 Å². The van der Waals surface area contributed by atoms with Gasteiger partial charge in [0.05, 0.1) is 5.69 Å². The van der Waals surface area contributed by atoms with Crippen molar-refractivity contribution in [3.63, 3.8) is 0 Å². The van der Waals surface area contributed by atoms with E-state index in [0.29, 0.717) is 17.1 Å². The Bertz CT molecular complexity index is 1000. The molecule has 3 aromatic rings. The van der Waals surface area contributed by atoms with Crippen LogP contribution in [0.4, 0.5) is 13.2 Å². The summed E-state index contributed by atoms with van der Waals surface area (Å²) in [5.74, 6) is 0.507. The summed E-state index contributed by atoms with van der Waals surface area (Å²) in [5, 5.41) is 1.62. The molecule has 0 saturated carbocycles. The zero-order chi connectivity index (χ0) is 17.6. The number of hydrogen-bond acceptors (Lipinski definition) is 5. The molecule has 1 aliphatic heterocycles. The van der Waals surface area contributed by atoms with Crippen LogP contribution in [0.25, 0.3) is 11.0 Å². The Labute approximate surface area is 142 Å². The first-order chi connectivity index (χ1) is 11.9. The highest BCUT2D eigenvalue weighted by molar-refractivity contribution is 7.15. The first-order valence-corrected chi connectivity index (χ1v) is 7.96. The van der Waals surface area contributed by atoms with Gasteiger partial charge in [0, 0.05) is 17.1 Å². The van der Waals surface area contributed by atoms with E-state index in [1.165, 1.54) is 22.7 Å². The van der Waals surface area contributed by atoms with Gasteiger partial charge in [0.15, 0.2) is 27.9 Å². The fourth-order valence-electron chi connectivity index (χ4n) is 2.47. The SMILES string of the molecule is O=C(/C=C/c1c(C(F)(F)F)nc2sccn12)c1ccc2c(c1)OCO2. The lowest BCUT2D eigenvalue weighted by Gasteiger charge is -2.04. The summed E-state index contributed by atoms with van der Waals surface area (Å²) >= 11 is 1.09. The summed E-state index contributed by atoms with van der Waals surface area (Å²) in [6.45, 7) is 0.0731. The third kappa shape index (κ3) is 2.76. The number of carbonyl (C=O) groups excluding carboxylic acids is 1. The average Bonchev–Trinajstić information content (AvgIpc) is 3.26. The number of rotatable bonds is 3. The third-order valence-corrected chi connectivity index (χ3v) is 4.37. The molecule has 0 atom stereocenters. The van der Waals surface area contributed by atoms with Crippen LogP contribution in [0.15, 0.2) is 35.9 Å². The molecule has 0 amide bonds. The standard InChI is InChI=1S/C16H9F3N2O3S/c17-16(18,19)14-10(21-5-6-25-15(21)20-14)2-3-11(22)9-1-4-12-13(7-9)24-8-23-12/h1-7H,8H2/b3-2+. The Kier molecular flexibility index (Phi) is 3.53. The van der Waals surface area contributed by atoms with E-state index in [1.54, 1.807) is 11.4 Å². The quantitative estimate of drug-likeness (QED) is 0.519. The van der Waals surface area contributed by atoms with Crippen molar-refractivity contribution < 1.29 is 27.4 Å². The number of fused-ring (bicyclic) bond motifs is 2. The van der Waals surface area contributed by atoms with Crippen LogP contribution in [0.1, 0.15) is 21.7 Å². The van der Waals surface area contributed by atoms with Crippen LogP contribution in [0.3, 0.4) is 0 Å². The largest absolute Gasteiger partial charge is 0.454 e. The van der Waals surface area contributed by atoms with Crippen molar-refractivity contribution in [3.8, 4) is 11.5 Å². The van der Waals surface area contributed by atoms with E-state index in [-0.39, 0.29) is 17.4 Å². The summed E-state index contributed by atoms with van der Waals surface area (Å²) in [6, 6.07) is 4.61. The first kappa shape index (κ1) is 15.7. The molecule has 1 aliphatic rings. The zero-order valence-corrected chi connectivity index (χ0v) is 13.2. The monoisotopic (exact) mass is 366 g/mol. The molecule has 0 unspecified atom stereocenters. The predicted octanol–water partition coefficient (Wildman–Crippen LogP) is 4.04. The second kappa shape index (κ2) is 5.62. The van der Waals surface area contributed by atoms with E-state index in [0.717, 1.165) is 23.5 Å². The molecule has 3 heterocycles. The minimum absolute atomic E-state index is 0.0731. The maximum atomic E-state index is 13.1. The molecule has 0 fully saturated rings.